The van der Waals surface area contributed by atoms with Crippen molar-refractivity contribution in [1.82, 2.24) is 0 Å². The molecule has 3 heteroatoms. The van der Waals surface area contributed by atoms with Crippen molar-refractivity contribution in [3.05, 3.63) is 24.0 Å². The van der Waals surface area contributed by atoms with Crippen LogP contribution in [0.25, 0.3) is 0 Å². The van der Waals surface area contributed by atoms with E-state index in [9.17, 15) is 5.11 Å². The summed E-state index contributed by atoms with van der Waals surface area (Å²) in [6, 6.07) is 0. The van der Waals surface area contributed by atoms with Gasteiger partial charge in [0.1, 0.15) is 5.60 Å². The molecular weight excluding hydrogens is 130 g/mol. The zero-order valence-electron chi connectivity index (χ0n) is 5.62. The predicted molar refractivity (Wildman–Crippen MR) is 38.5 cm³/mol. The van der Waals surface area contributed by atoms with E-state index in [4.69, 9.17) is 10.8 Å². The molecule has 0 spiro atoms. The minimum atomic E-state index is -1.03. The third kappa shape index (κ3) is 1.37. The number of aliphatic hydroxyl groups is 2. The van der Waals surface area contributed by atoms with E-state index in [1.165, 1.54) is 0 Å². The van der Waals surface area contributed by atoms with Crippen LogP contribution in [0.15, 0.2) is 24.0 Å². The Kier molecular flexibility index (Phi) is 1.78. The monoisotopic (exact) mass is 141 g/mol. The Bertz CT molecular complexity index is 186. The van der Waals surface area contributed by atoms with Crippen LogP contribution in [0.1, 0.15) is 6.42 Å². The molecule has 0 aliphatic heterocycles. The minimum Gasteiger partial charge on any atom is -0.512 e. The van der Waals surface area contributed by atoms with Crippen LogP contribution in [0, 0.1) is 0 Å². The molecule has 0 heterocycles. The maximum absolute atomic E-state index is 9.44. The Balaban J connectivity index is 2.71. The second kappa shape index (κ2) is 2.44. The third-order valence-electron chi connectivity index (χ3n) is 1.54. The first-order valence-electron chi connectivity index (χ1n) is 3.16. The summed E-state index contributed by atoms with van der Waals surface area (Å²) in [6.45, 7) is 0.140. The highest BCUT2D eigenvalue weighted by molar-refractivity contribution is 5.21. The van der Waals surface area contributed by atoms with Gasteiger partial charge in [0, 0.05) is 13.0 Å². The van der Waals surface area contributed by atoms with Gasteiger partial charge in [0.2, 0.25) is 0 Å². The molecule has 1 aliphatic carbocycles. The summed E-state index contributed by atoms with van der Waals surface area (Å²) in [6.07, 6.45) is 4.96. The Labute approximate surface area is 59.5 Å². The zero-order chi connectivity index (χ0) is 7.61. The molecule has 1 rings (SSSR count). The Hall–Kier alpha value is -0.800. The van der Waals surface area contributed by atoms with Crippen LogP contribution in [0.2, 0.25) is 0 Å². The molecule has 0 radical (unpaired) electrons. The lowest BCUT2D eigenvalue weighted by atomic mass is 9.94. The highest BCUT2D eigenvalue weighted by atomic mass is 16.3. The Morgan fingerprint density at radius 2 is 2.40 bits per heavy atom. The second-order valence-electron chi connectivity index (χ2n) is 2.50. The van der Waals surface area contributed by atoms with Crippen molar-refractivity contribution >= 4 is 0 Å². The highest BCUT2D eigenvalue weighted by Crippen LogP contribution is 2.19. The van der Waals surface area contributed by atoms with E-state index in [1.54, 1.807) is 18.2 Å². The molecule has 0 bridgehead atoms. The smallest absolute Gasteiger partial charge is 0.102 e. The van der Waals surface area contributed by atoms with E-state index in [2.05, 4.69) is 0 Å². The van der Waals surface area contributed by atoms with E-state index in [-0.39, 0.29) is 18.7 Å². The number of aliphatic hydroxyl groups excluding tert-OH is 1. The van der Waals surface area contributed by atoms with Crippen LogP contribution in [0.3, 0.4) is 0 Å². The van der Waals surface area contributed by atoms with Crippen molar-refractivity contribution < 1.29 is 10.2 Å². The van der Waals surface area contributed by atoms with Crippen LogP contribution < -0.4 is 5.73 Å². The summed E-state index contributed by atoms with van der Waals surface area (Å²) in [5.74, 6) is 0.176. The molecule has 0 aromatic heterocycles. The topological polar surface area (TPSA) is 66.5 Å². The quantitative estimate of drug-likeness (QED) is 0.484. The van der Waals surface area contributed by atoms with Gasteiger partial charge in [-0.15, -0.1) is 0 Å². The van der Waals surface area contributed by atoms with Crippen LogP contribution in [-0.4, -0.2) is 22.4 Å². The molecule has 0 amide bonds. The van der Waals surface area contributed by atoms with Crippen molar-refractivity contribution in [3.63, 3.8) is 0 Å². The molecule has 0 aromatic carbocycles. The molecule has 0 saturated carbocycles. The molecular formula is C7H11NO2. The molecule has 1 aliphatic rings. The first kappa shape index (κ1) is 7.31. The fraction of sp³-hybridized carbons (Fsp3) is 0.429. The van der Waals surface area contributed by atoms with Crippen molar-refractivity contribution in [1.29, 1.82) is 0 Å². The SMILES string of the molecule is NCC1(O)C=CC=C(O)C1. The number of allylic oxidation sites excluding steroid dienone is 2. The average Bonchev–Trinajstić information content (AvgIpc) is 1.88. The molecule has 4 N–H and O–H groups in total. The molecule has 1 atom stereocenters. The first-order valence-corrected chi connectivity index (χ1v) is 3.16. The lowest BCUT2D eigenvalue weighted by Gasteiger charge is -2.23. The summed E-state index contributed by atoms with van der Waals surface area (Å²) < 4.78 is 0. The van der Waals surface area contributed by atoms with E-state index in [0.29, 0.717) is 0 Å². The summed E-state index contributed by atoms with van der Waals surface area (Å²) in [4.78, 5) is 0. The Morgan fingerprint density at radius 3 is 2.80 bits per heavy atom. The summed E-state index contributed by atoms with van der Waals surface area (Å²) in [5, 5.41) is 18.4. The summed E-state index contributed by atoms with van der Waals surface area (Å²) in [7, 11) is 0. The van der Waals surface area contributed by atoms with Crippen LogP contribution >= 0.6 is 0 Å². The fourth-order valence-electron chi connectivity index (χ4n) is 0.910. The van der Waals surface area contributed by atoms with Gasteiger partial charge in [-0.1, -0.05) is 12.2 Å². The lowest BCUT2D eigenvalue weighted by molar-refractivity contribution is 0.0858. The normalized spacial score (nSPS) is 32.0. The lowest BCUT2D eigenvalue weighted by Crippen LogP contribution is -2.36. The maximum atomic E-state index is 9.44. The molecule has 3 nitrogen and oxygen atoms in total. The zero-order valence-corrected chi connectivity index (χ0v) is 5.62. The maximum Gasteiger partial charge on any atom is 0.102 e. The van der Waals surface area contributed by atoms with Gasteiger partial charge in [0.05, 0.1) is 5.76 Å². The van der Waals surface area contributed by atoms with E-state index >= 15 is 0 Å². The van der Waals surface area contributed by atoms with Gasteiger partial charge < -0.3 is 15.9 Å². The van der Waals surface area contributed by atoms with E-state index < -0.39 is 5.60 Å². The minimum absolute atomic E-state index is 0.140. The van der Waals surface area contributed by atoms with Crippen LogP contribution in [0.5, 0.6) is 0 Å². The third-order valence-corrected chi connectivity index (χ3v) is 1.54. The molecule has 56 valence electrons. The molecule has 10 heavy (non-hydrogen) atoms. The van der Waals surface area contributed by atoms with Crippen LogP contribution in [0.4, 0.5) is 0 Å². The van der Waals surface area contributed by atoms with Crippen molar-refractivity contribution in [3.8, 4) is 0 Å². The molecule has 1 unspecified atom stereocenters. The van der Waals surface area contributed by atoms with Gasteiger partial charge in [-0.3, -0.25) is 0 Å². The van der Waals surface area contributed by atoms with Crippen LogP contribution in [-0.2, 0) is 0 Å². The molecule has 0 fully saturated rings. The van der Waals surface area contributed by atoms with E-state index in [1.807, 2.05) is 0 Å². The van der Waals surface area contributed by atoms with Crippen molar-refractivity contribution in [2.24, 2.45) is 5.73 Å². The number of nitrogens with two attached hydrogens (primary N) is 1. The predicted octanol–water partition coefficient (Wildman–Crippen LogP) is 0.0780. The number of hydrogen-bond donors (Lipinski definition) is 3. The van der Waals surface area contributed by atoms with Gasteiger partial charge in [-0.25, -0.2) is 0 Å². The fourth-order valence-corrected chi connectivity index (χ4v) is 0.910. The second-order valence-corrected chi connectivity index (χ2v) is 2.50. The van der Waals surface area contributed by atoms with Gasteiger partial charge in [0.25, 0.3) is 0 Å². The number of rotatable bonds is 1. The van der Waals surface area contributed by atoms with Gasteiger partial charge in [-0.2, -0.15) is 0 Å². The summed E-state index contributed by atoms with van der Waals surface area (Å²) >= 11 is 0. The molecule has 0 saturated heterocycles. The highest BCUT2D eigenvalue weighted by Gasteiger charge is 2.24. The van der Waals surface area contributed by atoms with Gasteiger partial charge in [-0.05, 0) is 6.08 Å². The standard InChI is InChI=1S/C7H11NO2/c8-5-7(10)3-1-2-6(9)4-7/h1-3,9-10H,4-5,8H2. The number of hydrogen-bond acceptors (Lipinski definition) is 3. The average molecular weight is 141 g/mol. The summed E-state index contributed by atoms with van der Waals surface area (Å²) in [5.41, 5.74) is 4.23. The Morgan fingerprint density at radius 1 is 1.70 bits per heavy atom. The first-order chi connectivity index (χ1) is 4.66. The van der Waals surface area contributed by atoms with Crippen molar-refractivity contribution in [2.45, 2.75) is 12.0 Å². The van der Waals surface area contributed by atoms with Gasteiger partial charge >= 0.3 is 0 Å². The van der Waals surface area contributed by atoms with Gasteiger partial charge in [0.15, 0.2) is 0 Å². The van der Waals surface area contributed by atoms with E-state index in [0.717, 1.165) is 0 Å². The largest absolute Gasteiger partial charge is 0.512 e. The van der Waals surface area contributed by atoms with Crippen molar-refractivity contribution in [2.75, 3.05) is 6.54 Å². The molecule has 0 aromatic rings.